The molecule has 3 amide bonds. The molecule has 11 heteroatoms. The van der Waals surface area contributed by atoms with E-state index in [0.29, 0.717) is 25.2 Å². The van der Waals surface area contributed by atoms with Gasteiger partial charge in [-0.3, -0.25) is 24.5 Å². The number of carbonyl (C=O) groups excluding carboxylic acids is 3. The standard InChI is InChI=1S/C33H40N4O7/c1-23(9-6-14-31(40)35-18-8-12-27(35)22-38)33(42)28-20-26(37(43)44)15-16-29(28)36(32(33)41)21-24-10-7-11-25(19-24)34-17-5-3-2-4-13-30(34)39/h6-7,9-11,15-16,19-20,23,27,38,42H,2-5,8,12-14,17-18,21-22H2,1H3/b9-6+/t23-,27-,33+/m0/s1. The summed E-state index contributed by atoms with van der Waals surface area (Å²) in [6.07, 6.45) is 9.20. The number of rotatable bonds is 9. The smallest absolute Gasteiger partial charge is 0.269 e. The first-order chi connectivity index (χ1) is 21.1. The molecule has 0 radical (unpaired) electrons. The minimum absolute atomic E-state index is 0.0403. The van der Waals surface area contributed by atoms with E-state index < -0.39 is 22.3 Å². The van der Waals surface area contributed by atoms with Gasteiger partial charge < -0.3 is 24.9 Å². The van der Waals surface area contributed by atoms with Gasteiger partial charge in [-0.25, -0.2) is 0 Å². The van der Waals surface area contributed by atoms with Crippen LogP contribution in [-0.2, 0) is 26.5 Å². The number of fused-ring (bicyclic) bond motifs is 1. The molecular weight excluding hydrogens is 564 g/mol. The lowest BCUT2D eigenvalue weighted by Crippen LogP contribution is -2.44. The third-order valence-corrected chi connectivity index (χ3v) is 9.13. The number of benzene rings is 2. The van der Waals surface area contributed by atoms with Gasteiger partial charge in [0.2, 0.25) is 11.8 Å². The van der Waals surface area contributed by atoms with Gasteiger partial charge in [0.25, 0.3) is 11.6 Å². The molecule has 234 valence electrons. The number of nitrogens with zero attached hydrogens (tertiary/aromatic N) is 4. The molecule has 0 aromatic heterocycles. The second kappa shape index (κ2) is 13.3. The number of anilines is 2. The summed E-state index contributed by atoms with van der Waals surface area (Å²) < 4.78 is 0. The Morgan fingerprint density at radius 2 is 1.91 bits per heavy atom. The highest BCUT2D eigenvalue weighted by molar-refractivity contribution is 6.07. The molecule has 0 saturated carbocycles. The summed E-state index contributed by atoms with van der Waals surface area (Å²) in [5.41, 5.74) is -0.339. The van der Waals surface area contributed by atoms with Gasteiger partial charge >= 0.3 is 0 Å². The molecule has 3 heterocycles. The zero-order valence-electron chi connectivity index (χ0n) is 25.1. The van der Waals surface area contributed by atoms with Gasteiger partial charge in [0.05, 0.1) is 29.8 Å². The van der Waals surface area contributed by atoms with Crippen LogP contribution in [0.15, 0.2) is 54.6 Å². The first-order valence-corrected chi connectivity index (χ1v) is 15.4. The summed E-state index contributed by atoms with van der Waals surface area (Å²) in [4.78, 5) is 55.6. The molecule has 2 aromatic rings. The Morgan fingerprint density at radius 1 is 1.11 bits per heavy atom. The van der Waals surface area contributed by atoms with E-state index in [1.165, 1.54) is 23.1 Å². The van der Waals surface area contributed by atoms with E-state index in [2.05, 4.69) is 0 Å². The van der Waals surface area contributed by atoms with E-state index >= 15 is 0 Å². The summed E-state index contributed by atoms with van der Waals surface area (Å²) in [6.45, 7) is 2.85. The first-order valence-electron chi connectivity index (χ1n) is 15.4. The Morgan fingerprint density at radius 3 is 2.68 bits per heavy atom. The minimum Gasteiger partial charge on any atom is -0.394 e. The molecule has 3 aliphatic rings. The number of nitro benzene ring substituents is 1. The van der Waals surface area contributed by atoms with E-state index in [0.717, 1.165) is 49.8 Å². The molecule has 0 aliphatic carbocycles. The molecule has 2 fully saturated rings. The van der Waals surface area contributed by atoms with Crippen molar-refractivity contribution >= 4 is 34.8 Å². The van der Waals surface area contributed by atoms with Gasteiger partial charge in [-0.2, -0.15) is 0 Å². The molecule has 3 aliphatic heterocycles. The average Bonchev–Trinajstić information content (AvgIpc) is 3.57. The quantitative estimate of drug-likeness (QED) is 0.248. The van der Waals surface area contributed by atoms with Crippen LogP contribution in [0, 0.1) is 16.0 Å². The van der Waals surface area contributed by atoms with Crippen LogP contribution < -0.4 is 9.80 Å². The van der Waals surface area contributed by atoms with Crippen molar-refractivity contribution in [3.8, 4) is 0 Å². The third kappa shape index (κ3) is 6.11. The van der Waals surface area contributed by atoms with Crippen molar-refractivity contribution in [3.63, 3.8) is 0 Å². The van der Waals surface area contributed by atoms with E-state index in [1.54, 1.807) is 28.9 Å². The number of aliphatic hydroxyl groups excluding tert-OH is 1. The molecule has 0 unspecified atom stereocenters. The largest absolute Gasteiger partial charge is 0.394 e. The van der Waals surface area contributed by atoms with Gasteiger partial charge in [-0.1, -0.05) is 44.1 Å². The van der Waals surface area contributed by atoms with Crippen molar-refractivity contribution in [3.05, 3.63) is 75.9 Å². The topological polar surface area (TPSA) is 145 Å². The van der Waals surface area contributed by atoms with Crippen LogP contribution in [0.1, 0.15) is 69.4 Å². The van der Waals surface area contributed by atoms with Gasteiger partial charge in [-0.05, 0) is 49.4 Å². The maximum atomic E-state index is 14.0. The molecule has 0 bridgehead atoms. The predicted molar refractivity (Wildman–Crippen MR) is 165 cm³/mol. The van der Waals surface area contributed by atoms with Crippen molar-refractivity contribution in [2.45, 2.75) is 76.5 Å². The normalized spacial score (nSPS) is 23.2. The molecule has 5 rings (SSSR count). The second-order valence-electron chi connectivity index (χ2n) is 12.0. The van der Waals surface area contributed by atoms with Crippen LogP contribution in [0.25, 0.3) is 0 Å². The number of likely N-dealkylation sites (tertiary alicyclic amines) is 1. The number of nitro groups is 1. The van der Waals surface area contributed by atoms with E-state index in [1.807, 2.05) is 24.3 Å². The molecule has 2 N–H and O–H groups in total. The highest BCUT2D eigenvalue weighted by Crippen LogP contribution is 2.47. The molecule has 0 spiro atoms. The lowest BCUT2D eigenvalue weighted by Gasteiger charge is -2.28. The Bertz CT molecular complexity index is 1460. The van der Waals surface area contributed by atoms with Crippen molar-refractivity contribution in [1.29, 1.82) is 0 Å². The van der Waals surface area contributed by atoms with E-state index in [4.69, 9.17) is 0 Å². The van der Waals surface area contributed by atoms with Crippen molar-refractivity contribution in [2.75, 3.05) is 29.5 Å². The molecule has 3 atom stereocenters. The fourth-order valence-electron chi connectivity index (χ4n) is 6.63. The SMILES string of the molecule is C[C@@H](/C=C/CC(=O)N1CCC[C@H]1CO)[C@]1(O)C(=O)N(Cc2cccc(N3CCCCCCC3=O)c2)c2ccc([N+](=O)[O-])cc21. The highest BCUT2D eigenvalue weighted by Gasteiger charge is 2.53. The molecule has 2 aromatic carbocycles. The maximum Gasteiger partial charge on any atom is 0.269 e. The Hall–Kier alpha value is -4.09. The van der Waals surface area contributed by atoms with E-state index in [9.17, 15) is 34.7 Å². The molecule has 44 heavy (non-hydrogen) atoms. The number of carbonyl (C=O) groups is 3. The number of hydrogen-bond donors (Lipinski definition) is 2. The average molecular weight is 605 g/mol. The summed E-state index contributed by atoms with van der Waals surface area (Å²) in [7, 11) is 0. The Balaban J connectivity index is 1.40. The summed E-state index contributed by atoms with van der Waals surface area (Å²) in [5.74, 6) is -1.51. The van der Waals surface area contributed by atoms with Crippen LogP contribution in [-0.4, -0.2) is 63.5 Å². The van der Waals surface area contributed by atoms with Gasteiger partial charge in [0, 0.05) is 55.2 Å². The van der Waals surface area contributed by atoms with Gasteiger partial charge in [0.15, 0.2) is 5.60 Å². The zero-order chi connectivity index (χ0) is 31.4. The fourth-order valence-corrected chi connectivity index (χ4v) is 6.63. The number of aliphatic hydroxyl groups is 2. The lowest BCUT2D eigenvalue weighted by atomic mass is 9.82. The molecule has 11 nitrogen and oxygen atoms in total. The van der Waals surface area contributed by atoms with Crippen LogP contribution in [0.2, 0.25) is 0 Å². The maximum absolute atomic E-state index is 14.0. The predicted octanol–water partition coefficient (Wildman–Crippen LogP) is 4.19. The van der Waals surface area contributed by atoms with Gasteiger partial charge in [-0.15, -0.1) is 0 Å². The first kappa shape index (κ1) is 31.3. The fraction of sp³-hybridized carbons (Fsp3) is 0.485. The Labute approximate surface area is 256 Å². The molecular formula is C33H40N4O7. The molecule has 2 saturated heterocycles. The number of hydrogen-bond acceptors (Lipinski definition) is 7. The van der Waals surface area contributed by atoms with Crippen molar-refractivity contribution < 1.29 is 29.5 Å². The summed E-state index contributed by atoms with van der Waals surface area (Å²) in [5, 5.41) is 33.2. The minimum atomic E-state index is -2.10. The summed E-state index contributed by atoms with van der Waals surface area (Å²) >= 11 is 0. The van der Waals surface area contributed by atoms with E-state index in [-0.39, 0.29) is 48.7 Å². The Kier molecular flexibility index (Phi) is 9.45. The number of non-ortho nitro benzene ring substituents is 1. The highest BCUT2D eigenvalue weighted by atomic mass is 16.6. The zero-order valence-corrected chi connectivity index (χ0v) is 25.1. The van der Waals surface area contributed by atoms with Crippen molar-refractivity contribution in [2.24, 2.45) is 5.92 Å². The van der Waals surface area contributed by atoms with Crippen LogP contribution in [0.3, 0.4) is 0 Å². The van der Waals surface area contributed by atoms with Crippen LogP contribution in [0.5, 0.6) is 0 Å². The monoisotopic (exact) mass is 604 g/mol. The number of amides is 3. The lowest BCUT2D eigenvalue weighted by molar-refractivity contribution is -0.385. The summed E-state index contributed by atoms with van der Waals surface area (Å²) in [6, 6.07) is 11.3. The third-order valence-electron chi connectivity index (χ3n) is 9.13. The van der Waals surface area contributed by atoms with Crippen LogP contribution in [0.4, 0.5) is 17.1 Å². The van der Waals surface area contributed by atoms with Crippen LogP contribution >= 0.6 is 0 Å². The van der Waals surface area contributed by atoms with Crippen molar-refractivity contribution in [1.82, 2.24) is 4.90 Å². The van der Waals surface area contributed by atoms with Gasteiger partial charge in [0.1, 0.15) is 0 Å². The second-order valence-corrected chi connectivity index (χ2v) is 12.0.